The molecular formula is C14H15N2S+. The Morgan fingerprint density at radius 2 is 2.00 bits per heavy atom. The zero-order chi connectivity index (χ0) is 11.2. The molecule has 4 heterocycles. The molecule has 1 aromatic heterocycles. The fourth-order valence-corrected chi connectivity index (χ4v) is 4.07. The molecule has 0 aliphatic carbocycles. The summed E-state index contributed by atoms with van der Waals surface area (Å²) < 4.78 is 1.31. The smallest absolute Gasteiger partial charge is 0.126 e. The average Bonchev–Trinajstić information content (AvgIpc) is 2.83. The molecule has 5 rings (SSSR count). The number of thiazole rings is 1. The van der Waals surface area contributed by atoms with Gasteiger partial charge in [0.15, 0.2) is 0 Å². The molecule has 2 bridgehead atoms. The van der Waals surface area contributed by atoms with E-state index in [1.54, 1.807) is 4.90 Å². The normalized spacial score (nSPS) is 27.4. The highest BCUT2D eigenvalue weighted by Crippen LogP contribution is 2.35. The third kappa shape index (κ3) is 1.53. The van der Waals surface area contributed by atoms with E-state index in [0.29, 0.717) is 0 Å². The summed E-state index contributed by atoms with van der Waals surface area (Å²) in [5.74, 6) is 0.771. The van der Waals surface area contributed by atoms with E-state index in [2.05, 4.69) is 30.5 Å². The van der Waals surface area contributed by atoms with Crippen LogP contribution in [0.1, 0.15) is 17.8 Å². The lowest BCUT2D eigenvalue weighted by Crippen LogP contribution is -3.10. The molecule has 1 fully saturated rings. The molecular weight excluding hydrogens is 228 g/mol. The van der Waals surface area contributed by atoms with Gasteiger partial charge in [-0.25, -0.2) is 4.98 Å². The first kappa shape index (κ1) is 9.80. The number of nitrogens with zero attached hydrogens (tertiary/aromatic N) is 1. The van der Waals surface area contributed by atoms with Crippen LogP contribution in [0.5, 0.6) is 0 Å². The molecule has 0 amide bonds. The Kier molecular flexibility index (Phi) is 2.11. The van der Waals surface area contributed by atoms with E-state index < -0.39 is 0 Å². The van der Waals surface area contributed by atoms with Gasteiger partial charge < -0.3 is 4.90 Å². The standard InChI is InChI=1S/C14H14N2S/c1-2-4-13-12(3-1)15-14(17-13)11-9-16-7-5-10(11)6-8-16/h1-4,9-10H,5-8H2/p+1. The van der Waals surface area contributed by atoms with Crippen molar-refractivity contribution in [2.45, 2.75) is 12.8 Å². The SMILES string of the molecule is C1=C(c2nc3ccccc3s2)C2CC[NH+]1CC2. The van der Waals surface area contributed by atoms with Crippen LogP contribution in [0.4, 0.5) is 0 Å². The van der Waals surface area contributed by atoms with Gasteiger partial charge in [0.05, 0.1) is 23.3 Å². The number of para-hydroxylation sites is 1. The number of piperidine rings is 1. The lowest BCUT2D eigenvalue weighted by molar-refractivity contribution is -0.856. The van der Waals surface area contributed by atoms with Crippen molar-refractivity contribution >= 4 is 27.1 Å². The van der Waals surface area contributed by atoms with Crippen LogP contribution in [0.15, 0.2) is 30.5 Å². The monoisotopic (exact) mass is 243 g/mol. The Morgan fingerprint density at radius 3 is 2.71 bits per heavy atom. The molecule has 0 radical (unpaired) electrons. The van der Waals surface area contributed by atoms with E-state index in [1.165, 1.54) is 41.2 Å². The number of hydrogen-bond donors (Lipinski definition) is 1. The summed E-state index contributed by atoms with van der Waals surface area (Å²) in [7, 11) is 0. The summed E-state index contributed by atoms with van der Waals surface area (Å²) in [5, 5.41) is 1.26. The van der Waals surface area contributed by atoms with Gasteiger partial charge in [-0.1, -0.05) is 12.1 Å². The van der Waals surface area contributed by atoms with Crippen molar-refractivity contribution in [3.63, 3.8) is 0 Å². The predicted molar refractivity (Wildman–Crippen MR) is 71.0 cm³/mol. The van der Waals surface area contributed by atoms with Crippen LogP contribution in [0, 0.1) is 5.92 Å². The summed E-state index contributed by atoms with van der Waals surface area (Å²) in [6.07, 6.45) is 5.11. The van der Waals surface area contributed by atoms with Crippen molar-refractivity contribution < 1.29 is 4.90 Å². The fourth-order valence-electron chi connectivity index (χ4n) is 3.01. The van der Waals surface area contributed by atoms with Crippen LogP contribution in [0.3, 0.4) is 0 Å². The number of quaternary nitrogens is 1. The summed E-state index contributed by atoms with van der Waals surface area (Å²) in [6.45, 7) is 2.64. The third-order valence-electron chi connectivity index (χ3n) is 3.97. The zero-order valence-corrected chi connectivity index (χ0v) is 10.5. The number of rotatable bonds is 1. The van der Waals surface area contributed by atoms with Gasteiger partial charge in [-0.15, -0.1) is 11.3 Å². The molecule has 17 heavy (non-hydrogen) atoms. The minimum absolute atomic E-state index is 0.771. The molecule has 2 nitrogen and oxygen atoms in total. The number of hydrogen-bond acceptors (Lipinski definition) is 2. The quantitative estimate of drug-likeness (QED) is 0.810. The van der Waals surface area contributed by atoms with Gasteiger partial charge in [0.2, 0.25) is 0 Å². The van der Waals surface area contributed by atoms with Gasteiger partial charge in [0, 0.05) is 24.3 Å². The highest BCUT2D eigenvalue weighted by molar-refractivity contribution is 7.19. The van der Waals surface area contributed by atoms with Crippen LogP contribution in [-0.2, 0) is 0 Å². The van der Waals surface area contributed by atoms with Crippen LogP contribution in [-0.4, -0.2) is 18.1 Å². The molecule has 0 spiro atoms. The Balaban J connectivity index is 1.84. The van der Waals surface area contributed by atoms with Gasteiger partial charge in [0.1, 0.15) is 11.2 Å². The molecule has 86 valence electrons. The number of nitrogens with one attached hydrogen (secondary N) is 1. The van der Waals surface area contributed by atoms with Crippen molar-refractivity contribution in [2.24, 2.45) is 5.92 Å². The van der Waals surface area contributed by atoms with Crippen LogP contribution < -0.4 is 4.90 Å². The Hall–Kier alpha value is -1.19. The van der Waals surface area contributed by atoms with Gasteiger partial charge >= 0.3 is 0 Å². The third-order valence-corrected chi connectivity index (χ3v) is 5.05. The molecule has 0 unspecified atom stereocenters. The first-order valence-corrected chi connectivity index (χ1v) is 7.14. The largest absolute Gasteiger partial charge is 0.308 e. The molecule has 0 saturated carbocycles. The molecule has 3 aliphatic heterocycles. The van der Waals surface area contributed by atoms with Gasteiger partial charge in [-0.05, 0) is 12.1 Å². The van der Waals surface area contributed by atoms with Gasteiger partial charge in [-0.2, -0.15) is 0 Å². The average molecular weight is 243 g/mol. The molecule has 2 aromatic rings. The fraction of sp³-hybridized carbons (Fsp3) is 0.357. The second-order valence-corrected chi connectivity index (χ2v) is 6.05. The molecule has 1 aromatic carbocycles. The predicted octanol–water partition coefficient (Wildman–Crippen LogP) is 1.95. The van der Waals surface area contributed by atoms with Crippen LogP contribution in [0.25, 0.3) is 15.8 Å². The number of allylic oxidation sites excluding steroid dienone is 1. The van der Waals surface area contributed by atoms with Crippen molar-refractivity contribution in [3.8, 4) is 0 Å². The maximum Gasteiger partial charge on any atom is 0.126 e. The van der Waals surface area contributed by atoms with Crippen molar-refractivity contribution in [1.29, 1.82) is 0 Å². The second-order valence-electron chi connectivity index (χ2n) is 5.02. The Morgan fingerprint density at radius 1 is 1.18 bits per heavy atom. The lowest BCUT2D eigenvalue weighted by atomic mass is 9.86. The van der Waals surface area contributed by atoms with E-state index in [0.717, 1.165) is 11.4 Å². The highest BCUT2D eigenvalue weighted by Gasteiger charge is 2.33. The van der Waals surface area contributed by atoms with E-state index in [1.807, 2.05) is 11.3 Å². The van der Waals surface area contributed by atoms with E-state index >= 15 is 0 Å². The maximum atomic E-state index is 4.79. The Bertz CT molecular complexity index is 558. The number of fused-ring (bicyclic) bond motifs is 3. The minimum atomic E-state index is 0.771. The summed E-state index contributed by atoms with van der Waals surface area (Å²) in [6, 6.07) is 8.46. The molecule has 3 aliphatic rings. The lowest BCUT2D eigenvalue weighted by Gasteiger charge is -2.33. The first-order chi connectivity index (χ1) is 8.40. The number of aromatic nitrogens is 1. The first-order valence-electron chi connectivity index (χ1n) is 6.32. The second kappa shape index (κ2) is 3.65. The topological polar surface area (TPSA) is 17.3 Å². The van der Waals surface area contributed by atoms with Crippen molar-refractivity contribution in [3.05, 3.63) is 35.5 Å². The minimum Gasteiger partial charge on any atom is -0.308 e. The molecule has 1 N–H and O–H groups in total. The van der Waals surface area contributed by atoms with Gasteiger partial charge in [0.25, 0.3) is 0 Å². The Labute approximate surface area is 105 Å². The van der Waals surface area contributed by atoms with Crippen LogP contribution in [0.2, 0.25) is 0 Å². The van der Waals surface area contributed by atoms with Crippen molar-refractivity contribution in [2.75, 3.05) is 13.1 Å². The van der Waals surface area contributed by atoms with Crippen molar-refractivity contribution in [1.82, 2.24) is 4.98 Å². The molecule has 0 atom stereocenters. The summed E-state index contributed by atoms with van der Waals surface area (Å²) >= 11 is 1.85. The van der Waals surface area contributed by atoms with Crippen LogP contribution >= 0.6 is 11.3 Å². The van der Waals surface area contributed by atoms with E-state index in [-0.39, 0.29) is 0 Å². The number of benzene rings is 1. The van der Waals surface area contributed by atoms with E-state index in [9.17, 15) is 0 Å². The summed E-state index contributed by atoms with van der Waals surface area (Å²) in [4.78, 5) is 6.43. The molecule has 3 heteroatoms. The summed E-state index contributed by atoms with van der Waals surface area (Å²) in [5.41, 5.74) is 2.67. The maximum absolute atomic E-state index is 4.79. The highest BCUT2D eigenvalue weighted by atomic mass is 32.1. The molecule has 1 saturated heterocycles. The van der Waals surface area contributed by atoms with Gasteiger partial charge in [-0.3, -0.25) is 0 Å². The van der Waals surface area contributed by atoms with E-state index in [4.69, 9.17) is 4.98 Å². The zero-order valence-electron chi connectivity index (χ0n) is 9.65.